The van der Waals surface area contributed by atoms with Gasteiger partial charge < -0.3 is 19.4 Å². The van der Waals surface area contributed by atoms with E-state index in [1.54, 1.807) is 7.11 Å². The average Bonchev–Trinajstić information content (AvgIpc) is 3.46. The quantitative estimate of drug-likeness (QED) is 0.413. The van der Waals surface area contributed by atoms with Crippen molar-refractivity contribution < 1.29 is 4.74 Å². The second kappa shape index (κ2) is 11.8. The van der Waals surface area contributed by atoms with Crippen LogP contribution in [0.1, 0.15) is 29.5 Å². The lowest BCUT2D eigenvalue weighted by molar-refractivity contribution is 0.148. The van der Waals surface area contributed by atoms with E-state index in [-0.39, 0.29) is 0 Å². The van der Waals surface area contributed by atoms with Crippen molar-refractivity contribution in [2.75, 3.05) is 63.2 Å². The number of hydrogen-bond donors (Lipinski definition) is 0. The number of piperazine rings is 1. The fourth-order valence-corrected chi connectivity index (χ4v) is 5.31. The fourth-order valence-electron chi connectivity index (χ4n) is 5.31. The Bertz CT molecular complexity index is 1080. The number of likely N-dealkylation sites (N-methyl/N-ethyl adjacent to an activating group) is 1. The predicted octanol–water partition coefficient (Wildman–Crippen LogP) is 5.25. The molecule has 0 amide bonds. The summed E-state index contributed by atoms with van der Waals surface area (Å²) in [6, 6.07) is 26.8. The molecule has 0 spiro atoms. The van der Waals surface area contributed by atoms with Gasteiger partial charge in [0.05, 0.1) is 7.11 Å². The molecule has 0 aromatic heterocycles. The Morgan fingerprint density at radius 3 is 2.08 bits per heavy atom. The van der Waals surface area contributed by atoms with E-state index in [1.807, 2.05) is 6.07 Å². The molecule has 2 fully saturated rings. The largest absolute Gasteiger partial charge is 0.497 e. The van der Waals surface area contributed by atoms with Crippen LogP contribution in [0.5, 0.6) is 5.75 Å². The van der Waals surface area contributed by atoms with Crippen LogP contribution in [0.3, 0.4) is 0 Å². The molecule has 0 bridgehead atoms. The molecule has 0 saturated carbocycles. The number of benzene rings is 3. The fraction of sp³-hybridized carbons (Fsp3) is 0.419. The Hall–Kier alpha value is -3.02. The van der Waals surface area contributed by atoms with Gasteiger partial charge in [-0.25, -0.2) is 0 Å². The first-order chi connectivity index (χ1) is 17.7. The van der Waals surface area contributed by atoms with Crippen molar-refractivity contribution in [3.05, 3.63) is 89.5 Å². The summed E-state index contributed by atoms with van der Waals surface area (Å²) in [6.07, 6.45) is 2.61. The third-order valence-corrected chi connectivity index (χ3v) is 7.59. The summed E-state index contributed by atoms with van der Waals surface area (Å²) in [7, 11) is 3.95. The molecule has 0 N–H and O–H groups in total. The second-order valence-corrected chi connectivity index (χ2v) is 10.3. The van der Waals surface area contributed by atoms with Gasteiger partial charge in [-0.15, -0.1) is 0 Å². The number of methoxy groups -OCH3 is 1. The highest BCUT2D eigenvalue weighted by Crippen LogP contribution is 2.25. The molecular formula is C31H40N4O. The maximum Gasteiger partial charge on any atom is 0.119 e. The third kappa shape index (κ3) is 6.40. The Morgan fingerprint density at radius 1 is 0.722 bits per heavy atom. The predicted molar refractivity (Wildman–Crippen MR) is 150 cm³/mol. The SMILES string of the molecule is COc1cccc(CN(Cc2ccc(N3CCCC3)cc2)c2ccc(CN3CCN(C)CC3)cc2)c1. The zero-order chi connectivity index (χ0) is 24.7. The molecule has 0 unspecified atom stereocenters. The van der Waals surface area contributed by atoms with Crippen molar-refractivity contribution in [3.63, 3.8) is 0 Å². The molecule has 3 aromatic rings. The van der Waals surface area contributed by atoms with Gasteiger partial charge in [-0.1, -0.05) is 36.4 Å². The topological polar surface area (TPSA) is 22.2 Å². The van der Waals surface area contributed by atoms with Gasteiger partial charge in [-0.05, 0) is 73.0 Å². The van der Waals surface area contributed by atoms with Crippen molar-refractivity contribution in [1.29, 1.82) is 0 Å². The number of nitrogens with zero attached hydrogens (tertiary/aromatic N) is 4. The van der Waals surface area contributed by atoms with Gasteiger partial charge in [0.1, 0.15) is 5.75 Å². The standard InChI is InChI=1S/C31H40N4O/c1-32-18-20-33(21-19-32)23-26-8-14-30(15-9-26)35(25-28-6-5-7-31(22-28)36-2)24-27-10-12-29(13-11-27)34-16-3-4-17-34/h5-15,22H,3-4,16-21,23-25H2,1-2H3. The maximum atomic E-state index is 5.49. The van der Waals surface area contributed by atoms with Crippen LogP contribution in [-0.4, -0.2) is 63.2 Å². The van der Waals surface area contributed by atoms with E-state index in [0.717, 1.165) is 51.6 Å². The summed E-state index contributed by atoms with van der Waals surface area (Å²) in [5.74, 6) is 0.907. The molecule has 0 radical (unpaired) electrons. The average molecular weight is 485 g/mol. The van der Waals surface area contributed by atoms with E-state index in [0.29, 0.717) is 0 Å². The van der Waals surface area contributed by atoms with E-state index in [9.17, 15) is 0 Å². The number of anilines is 2. The zero-order valence-electron chi connectivity index (χ0n) is 21.9. The Balaban J connectivity index is 1.31. The highest BCUT2D eigenvalue weighted by atomic mass is 16.5. The summed E-state index contributed by atoms with van der Waals surface area (Å²) in [5, 5.41) is 0. The minimum Gasteiger partial charge on any atom is -0.497 e. The smallest absolute Gasteiger partial charge is 0.119 e. The monoisotopic (exact) mass is 484 g/mol. The third-order valence-electron chi connectivity index (χ3n) is 7.59. The lowest BCUT2D eigenvalue weighted by Gasteiger charge is -2.32. The van der Waals surface area contributed by atoms with Crippen molar-refractivity contribution in [2.24, 2.45) is 0 Å². The first-order valence-electron chi connectivity index (χ1n) is 13.4. The molecular weight excluding hydrogens is 444 g/mol. The van der Waals surface area contributed by atoms with Gasteiger partial charge in [0.25, 0.3) is 0 Å². The van der Waals surface area contributed by atoms with Gasteiger partial charge in [-0.3, -0.25) is 4.90 Å². The first-order valence-corrected chi connectivity index (χ1v) is 13.4. The van der Waals surface area contributed by atoms with Gasteiger partial charge in [0.15, 0.2) is 0 Å². The lowest BCUT2D eigenvalue weighted by Crippen LogP contribution is -2.43. The molecule has 0 aliphatic carbocycles. The van der Waals surface area contributed by atoms with Crippen molar-refractivity contribution in [1.82, 2.24) is 9.80 Å². The van der Waals surface area contributed by atoms with Crippen LogP contribution in [-0.2, 0) is 19.6 Å². The van der Waals surface area contributed by atoms with E-state index in [2.05, 4.69) is 93.4 Å². The van der Waals surface area contributed by atoms with E-state index < -0.39 is 0 Å². The molecule has 2 heterocycles. The van der Waals surface area contributed by atoms with Crippen LogP contribution in [0.2, 0.25) is 0 Å². The number of ether oxygens (including phenoxy) is 1. The van der Waals surface area contributed by atoms with Gasteiger partial charge in [0, 0.05) is 70.3 Å². The van der Waals surface area contributed by atoms with Crippen LogP contribution in [0.4, 0.5) is 11.4 Å². The molecule has 2 saturated heterocycles. The van der Waals surface area contributed by atoms with E-state index in [4.69, 9.17) is 4.74 Å². The molecule has 36 heavy (non-hydrogen) atoms. The normalized spacial score (nSPS) is 16.9. The van der Waals surface area contributed by atoms with Crippen molar-refractivity contribution in [3.8, 4) is 5.75 Å². The minimum absolute atomic E-state index is 0.836. The number of rotatable bonds is 9. The molecule has 5 rings (SSSR count). The summed E-state index contributed by atoms with van der Waals surface area (Å²) in [5.41, 5.74) is 6.58. The van der Waals surface area contributed by atoms with Gasteiger partial charge in [0.2, 0.25) is 0 Å². The lowest BCUT2D eigenvalue weighted by atomic mass is 10.1. The zero-order valence-corrected chi connectivity index (χ0v) is 21.9. The Labute approximate surface area is 216 Å². The van der Waals surface area contributed by atoms with Crippen molar-refractivity contribution in [2.45, 2.75) is 32.5 Å². The summed E-state index contributed by atoms with van der Waals surface area (Å²) in [4.78, 5) is 9.94. The molecule has 2 aliphatic rings. The van der Waals surface area contributed by atoms with Crippen LogP contribution in [0, 0.1) is 0 Å². The Morgan fingerprint density at radius 2 is 1.39 bits per heavy atom. The summed E-state index contributed by atoms with van der Waals surface area (Å²) >= 11 is 0. The molecule has 2 aliphatic heterocycles. The summed E-state index contributed by atoms with van der Waals surface area (Å²) < 4.78 is 5.49. The summed E-state index contributed by atoms with van der Waals surface area (Å²) in [6.45, 7) is 9.71. The molecule has 5 heteroatoms. The molecule has 0 atom stereocenters. The van der Waals surface area contributed by atoms with Crippen LogP contribution in [0.15, 0.2) is 72.8 Å². The maximum absolute atomic E-state index is 5.49. The van der Waals surface area contributed by atoms with Crippen LogP contribution < -0.4 is 14.5 Å². The second-order valence-electron chi connectivity index (χ2n) is 10.3. The van der Waals surface area contributed by atoms with Gasteiger partial charge >= 0.3 is 0 Å². The highest BCUT2D eigenvalue weighted by Gasteiger charge is 2.16. The molecule has 3 aromatic carbocycles. The minimum atomic E-state index is 0.836. The first kappa shape index (κ1) is 24.7. The molecule has 190 valence electrons. The highest BCUT2D eigenvalue weighted by molar-refractivity contribution is 5.52. The van der Waals surface area contributed by atoms with Crippen molar-refractivity contribution >= 4 is 11.4 Å². The van der Waals surface area contributed by atoms with Crippen LogP contribution in [0.25, 0.3) is 0 Å². The van der Waals surface area contributed by atoms with E-state index in [1.165, 1.54) is 54.0 Å². The van der Waals surface area contributed by atoms with E-state index >= 15 is 0 Å². The number of hydrogen-bond acceptors (Lipinski definition) is 5. The van der Waals surface area contributed by atoms with Gasteiger partial charge in [-0.2, -0.15) is 0 Å². The van der Waals surface area contributed by atoms with Crippen LogP contribution >= 0.6 is 0 Å². The Kier molecular flexibility index (Phi) is 8.09. The molecule has 5 nitrogen and oxygen atoms in total.